The van der Waals surface area contributed by atoms with Crippen LogP contribution in [-0.2, 0) is 42.7 Å². The monoisotopic (exact) mass is 570 g/mol. The highest BCUT2D eigenvalue weighted by atomic mass is 16.7. The van der Waals surface area contributed by atoms with Crippen molar-refractivity contribution in [2.45, 2.75) is 57.7 Å². The maximum absolute atomic E-state index is 11.4. The minimum atomic E-state index is -1.36. The van der Waals surface area contributed by atoms with Crippen LogP contribution < -0.4 is 10.6 Å². The van der Waals surface area contributed by atoms with Gasteiger partial charge in [-0.3, -0.25) is 9.59 Å². The molecular formula is C24H46N2O13. The Labute approximate surface area is 229 Å². The Bertz CT molecular complexity index is 660. The average Bonchev–Trinajstić information content (AvgIpc) is 2.89. The van der Waals surface area contributed by atoms with E-state index in [1.165, 1.54) is 13.8 Å². The van der Waals surface area contributed by atoms with Crippen LogP contribution in [0.5, 0.6) is 0 Å². The summed E-state index contributed by atoms with van der Waals surface area (Å²) in [7, 11) is 0. The van der Waals surface area contributed by atoms with Crippen LogP contribution in [0.2, 0.25) is 0 Å². The van der Waals surface area contributed by atoms with E-state index in [0.717, 1.165) is 0 Å². The highest BCUT2D eigenvalue weighted by Crippen LogP contribution is 2.22. The topological polar surface area (TPSA) is 204 Å². The third-order valence-electron chi connectivity index (χ3n) is 5.37. The fourth-order valence-electron chi connectivity index (χ4n) is 3.43. The van der Waals surface area contributed by atoms with Crippen LogP contribution in [0.4, 0.5) is 0 Å². The molecule has 1 rings (SSSR count). The summed E-state index contributed by atoms with van der Waals surface area (Å²) in [6.45, 7) is 7.38. The largest absolute Gasteiger partial charge is 0.394 e. The lowest BCUT2D eigenvalue weighted by Gasteiger charge is -2.42. The smallest absolute Gasteiger partial charge is 0.217 e. The normalized spacial score (nSPS) is 24.7. The van der Waals surface area contributed by atoms with Crippen LogP contribution >= 0.6 is 0 Å². The predicted molar refractivity (Wildman–Crippen MR) is 134 cm³/mol. The van der Waals surface area contributed by atoms with Gasteiger partial charge in [0.2, 0.25) is 11.8 Å². The van der Waals surface area contributed by atoms with Gasteiger partial charge in [0, 0.05) is 19.8 Å². The highest BCUT2D eigenvalue weighted by molar-refractivity contribution is 5.73. The second kappa shape index (κ2) is 21.3. The number of aliphatic hydroxyl groups is 4. The standard InChI is InChI=1S/C24H46N2O13/c1-16(14-35-6-4-33-8-10-37-20(30)12-25-17(2)28)15-36-7-5-34-9-11-38-24-21(26-18(3)29)23(32)22(31)19(13-27)39-24/h16,19-24,27,30-32H,4-15H2,1-3H3,(H,25,28)(H,26,29)/t16?,19?,20-,21?,22?,23?,24?/m0/s1. The summed E-state index contributed by atoms with van der Waals surface area (Å²) in [5, 5.41) is 44.0. The van der Waals surface area contributed by atoms with E-state index in [1.54, 1.807) is 0 Å². The van der Waals surface area contributed by atoms with Crippen LogP contribution in [0.1, 0.15) is 20.8 Å². The summed E-state index contributed by atoms with van der Waals surface area (Å²) < 4.78 is 38.0. The van der Waals surface area contributed by atoms with Gasteiger partial charge in [0.15, 0.2) is 12.6 Å². The molecule has 15 nitrogen and oxygen atoms in total. The molecule has 0 aliphatic carbocycles. The molecule has 0 aromatic rings. The molecule has 15 heteroatoms. The molecule has 6 unspecified atom stereocenters. The minimum Gasteiger partial charge on any atom is -0.394 e. The predicted octanol–water partition coefficient (Wildman–Crippen LogP) is -2.88. The van der Waals surface area contributed by atoms with E-state index in [2.05, 4.69) is 10.6 Å². The lowest BCUT2D eigenvalue weighted by atomic mass is 9.97. The quantitative estimate of drug-likeness (QED) is 0.0573. The van der Waals surface area contributed by atoms with Crippen molar-refractivity contribution in [2.75, 3.05) is 79.2 Å². The molecule has 0 spiro atoms. The van der Waals surface area contributed by atoms with Crippen LogP contribution in [0, 0.1) is 5.92 Å². The zero-order chi connectivity index (χ0) is 29.0. The number of carbonyl (C=O) groups is 2. The second-order valence-corrected chi connectivity index (χ2v) is 9.05. The number of aliphatic hydroxyl groups excluding tert-OH is 4. The molecule has 1 aliphatic heterocycles. The number of rotatable bonds is 22. The maximum Gasteiger partial charge on any atom is 0.217 e. The SMILES string of the molecule is CC(=O)NC[C@@H](O)OCCOCCOCC(C)COCCOCCOC1OC(CO)C(O)C(O)C1NC(C)=O. The highest BCUT2D eigenvalue weighted by Gasteiger charge is 2.45. The van der Waals surface area contributed by atoms with Crippen LogP contribution in [0.3, 0.4) is 0 Å². The Morgan fingerprint density at radius 3 is 1.97 bits per heavy atom. The number of hydrogen-bond donors (Lipinski definition) is 6. The van der Waals surface area contributed by atoms with E-state index in [1.807, 2.05) is 6.92 Å². The summed E-state index contributed by atoms with van der Waals surface area (Å²) in [6.07, 6.45) is -5.89. The number of nitrogens with one attached hydrogen (secondary N) is 2. The molecule has 1 saturated heterocycles. The molecule has 0 saturated carbocycles. The Balaban J connectivity index is 2.01. The van der Waals surface area contributed by atoms with Gasteiger partial charge in [-0.25, -0.2) is 0 Å². The third-order valence-corrected chi connectivity index (χ3v) is 5.37. The van der Waals surface area contributed by atoms with Gasteiger partial charge >= 0.3 is 0 Å². The van der Waals surface area contributed by atoms with Crippen molar-refractivity contribution in [1.29, 1.82) is 0 Å². The second-order valence-electron chi connectivity index (χ2n) is 9.05. The molecule has 0 aromatic heterocycles. The van der Waals surface area contributed by atoms with Crippen molar-refractivity contribution in [3.63, 3.8) is 0 Å². The molecule has 7 atom stereocenters. The van der Waals surface area contributed by atoms with Crippen molar-refractivity contribution in [2.24, 2.45) is 5.92 Å². The van der Waals surface area contributed by atoms with Gasteiger partial charge in [0.25, 0.3) is 0 Å². The number of ether oxygens (including phenoxy) is 7. The van der Waals surface area contributed by atoms with Gasteiger partial charge in [0.05, 0.1) is 79.2 Å². The molecule has 0 bridgehead atoms. The fraction of sp³-hybridized carbons (Fsp3) is 0.917. The summed E-state index contributed by atoms with van der Waals surface area (Å²) >= 11 is 0. The average molecular weight is 571 g/mol. The molecule has 1 heterocycles. The Morgan fingerprint density at radius 1 is 0.846 bits per heavy atom. The van der Waals surface area contributed by atoms with Gasteiger partial charge in [-0.1, -0.05) is 6.92 Å². The minimum absolute atomic E-state index is 0.0287. The number of hydrogen-bond acceptors (Lipinski definition) is 13. The van der Waals surface area contributed by atoms with Crippen molar-refractivity contribution < 1.29 is 63.2 Å². The maximum atomic E-state index is 11.4. The number of amides is 2. The third kappa shape index (κ3) is 16.4. The molecule has 0 aromatic carbocycles. The molecular weight excluding hydrogens is 524 g/mol. The van der Waals surface area contributed by atoms with E-state index < -0.39 is 49.4 Å². The first-order valence-corrected chi connectivity index (χ1v) is 13.0. The van der Waals surface area contributed by atoms with E-state index in [-0.39, 0.29) is 38.2 Å². The summed E-state index contributed by atoms with van der Waals surface area (Å²) in [5.41, 5.74) is 0. The summed E-state index contributed by atoms with van der Waals surface area (Å²) in [6, 6.07) is -0.992. The van der Waals surface area contributed by atoms with Crippen molar-refractivity contribution in [3.8, 4) is 0 Å². The van der Waals surface area contributed by atoms with Gasteiger partial charge < -0.3 is 64.2 Å². The number of carbonyl (C=O) groups excluding carboxylic acids is 2. The van der Waals surface area contributed by atoms with E-state index in [4.69, 9.17) is 33.2 Å². The lowest BCUT2D eigenvalue weighted by Crippen LogP contribution is -2.64. The Kier molecular flexibility index (Phi) is 19.4. The summed E-state index contributed by atoms with van der Waals surface area (Å²) in [4.78, 5) is 22.2. The molecule has 0 radical (unpaired) electrons. The molecule has 6 N–H and O–H groups in total. The zero-order valence-corrected chi connectivity index (χ0v) is 23.0. The molecule has 230 valence electrons. The molecule has 2 amide bonds. The van der Waals surface area contributed by atoms with Crippen LogP contribution in [-0.4, -0.2) is 148 Å². The van der Waals surface area contributed by atoms with Gasteiger partial charge in [0.1, 0.15) is 24.4 Å². The van der Waals surface area contributed by atoms with E-state index in [0.29, 0.717) is 46.2 Å². The van der Waals surface area contributed by atoms with Crippen molar-refractivity contribution in [3.05, 3.63) is 0 Å². The van der Waals surface area contributed by atoms with Gasteiger partial charge in [-0.15, -0.1) is 0 Å². The van der Waals surface area contributed by atoms with E-state index in [9.17, 15) is 30.0 Å². The van der Waals surface area contributed by atoms with Crippen LogP contribution in [0.25, 0.3) is 0 Å². The first-order valence-electron chi connectivity index (χ1n) is 13.0. The fourth-order valence-corrected chi connectivity index (χ4v) is 3.43. The molecule has 1 fully saturated rings. The summed E-state index contributed by atoms with van der Waals surface area (Å²) in [5.74, 6) is -0.502. The molecule has 1 aliphatic rings. The first kappa shape index (κ1) is 35.5. The molecule has 39 heavy (non-hydrogen) atoms. The van der Waals surface area contributed by atoms with Gasteiger partial charge in [-0.2, -0.15) is 0 Å². The first-order chi connectivity index (χ1) is 18.6. The zero-order valence-electron chi connectivity index (χ0n) is 23.0. The van der Waals surface area contributed by atoms with Gasteiger partial charge in [-0.05, 0) is 0 Å². The van der Waals surface area contributed by atoms with Crippen molar-refractivity contribution in [1.82, 2.24) is 10.6 Å². The van der Waals surface area contributed by atoms with E-state index >= 15 is 0 Å². The van der Waals surface area contributed by atoms with Crippen molar-refractivity contribution >= 4 is 11.8 Å². The lowest BCUT2D eigenvalue weighted by molar-refractivity contribution is -0.272. The Morgan fingerprint density at radius 2 is 1.41 bits per heavy atom. The Hall–Kier alpha value is -1.50. The van der Waals surface area contributed by atoms with Crippen LogP contribution in [0.15, 0.2) is 0 Å².